The van der Waals surface area contributed by atoms with E-state index in [1.807, 2.05) is 38.1 Å². The molecule has 1 radical (unpaired) electrons. The van der Waals surface area contributed by atoms with E-state index in [9.17, 15) is 0 Å². The van der Waals surface area contributed by atoms with Crippen LogP contribution >= 0.6 is 0 Å². The van der Waals surface area contributed by atoms with Gasteiger partial charge in [0.2, 0.25) is 0 Å². The molecule has 0 aliphatic carbocycles. The van der Waals surface area contributed by atoms with Gasteiger partial charge in [-0.2, -0.15) is 0 Å². The Hall–Kier alpha value is -1.02. The molecule has 71 valence electrons. The van der Waals surface area contributed by atoms with Crippen molar-refractivity contribution in [3.63, 3.8) is 0 Å². The summed E-state index contributed by atoms with van der Waals surface area (Å²) in [5, 5.41) is 0. The summed E-state index contributed by atoms with van der Waals surface area (Å²) in [6.45, 7) is 8.32. The van der Waals surface area contributed by atoms with E-state index in [2.05, 4.69) is 6.92 Å². The van der Waals surface area contributed by atoms with Crippen LogP contribution in [0.5, 0.6) is 5.75 Å². The second kappa shape index (κ2) is 4.87. The fraction of sp³-hybridized carbons (Fsp3) is 0.364. The van der Waals surface area contributed by atoms with Gasteiger partial charge in [-0.25, -0.2) is 0 Å². The highest BCUT2D eigenvalue weighted by Crippen LogP contribution is 2.17. The molecule has 0 saturated carbocycles. The molecule has 0 aliphatic rings. The fourth-order valence-electron chi connectivity index (χ4n) is 1.07. The van der Waals surface area contributed by atoms with Crippen molar-refractivity contribution in [3.8, 4) is 5.75 Å². The standard InChI is InChI=1S/C11H15O2/c1-4-12-10(3)13-11-8-6-5-7-9(11)2/h5-8,10H,2,4H2,1,3H3. The van der Waals surface area contributed by atoms with E-state index in [1.165, 1.54) is 0 Å². The van der Waals surface area contributed by atoms with Crippen molar-refractivity contribution in [1.82, 2.24) is 0 Å². The maximum atomic E-state index is 5.50. The van der Waals surface area contributed by atoms with Crippen LogP contribution in [-0.4, -0.2) is 12.9 Å². The van der Waals surface area contributed by atoms with Crippen LogP contribution < -0.4 is 4.74 Å². The van der Waals surface area contributed by atoms with Gasteiger partial charge in [-0.1, -0.05) is 18.2 Å². The minimum Gasteiger partial charge on any atom is -0.465 e. The van der Waals surface area contributed by atoms with E-state index in [0.29, 0.717) is 6.61 Å². The van der Waals surface area contributed by atoms with E-state index < -0.39 is 0 Å². The predicted octanol–water partition coefficient (Wildman–Crippen LogP) is 2.63. The highest BCUT2D eigenvalue weighted by Gasteiger charge is 2.03. The largest absolute Gasteiger partial charge is 0.465 e. The van der Waals surface area contributed by atoms with Gasteiger partial charge in [-0.05, 0) is 32.4 Å². The van der Waals surface area contributed by atoms with E-state index >= 15 is 0 Å². The summed E-state index contributed by atoms with van der Waals surface area (Å²) in [6, 6.07) is 7.65. The van der Waals surface area contributed by atoms with Gasteiger partial charge in [0.15, 0.2) is 6.29 Å². The molecular weight excluding hydrogens is 164 g/mol. The Morgan fingerprint density at radius 1 is 1.38 bits per heavy atom. The molecule has 0 spiro atoms. The molecular formula is C11H15O2. The molecule has 1 atom stereocenters. The van der Waals surface area contributed by atoms with Crippen molar-refractivity contribution in [1.29, 1.82) is 0 Å². The number of para-hydroxylation sites is 1. The molecule has 0 fully saturated rings. The van der Waals surface area contributed by atoms with E-state index in [4.69, 9.17) is 9.47 Å². The monoisotopic (exact) mass is 179 g/mol. The van der Waals surface area contributed by atoms with Crippen LogP contribution in [0.15, 0.2) is 24.3 Å². The zero-order chi connectivity index (χ0) is 9.68. The molecule has 0 heterocycles. The molecule has 0 bridgehead atoms. The average Bonchev–Trinajstić information content (AvgIpc) is 2.09. The zero-order valence-electron chi connectivity index (χ0n) is 8.12. The van der Waals surface area contributed by atoms with Crippen molar-refractivity contribution >= 4 is 0 Å². The number of hydrogen-bond donors (Lipinski definition) is 0. The smallest absolute Gasteiger partial charge is 0.196 e. The van der Waals surface area contributed by atoms with Crippen LogP contribution in [0.3, 0.4) is 0 Å². The van der Waals surface area contributed by atoms with Crippen LogP contribution in [0.1, 0.15) is 19.4 Å². The SMILES string of the molecule is [CH2]c1ccccc1OC(C)OCC. The molecule has 2 heteroatoms. The summed E-state index contributed by atoms with van der Waals surface area (Å²) < 4.78 is 10.8. The van der Waals surface area contributed by atoms with Gasteiger partial charge >= 0.3 is 0 Å². The third-order valence-electron chi connectivity index (χ3n) is 1.67. The second-order valence-electron chi connectivity index (χ2n) is 2.75. The van der Waals surface area contributed by atoms with Crippen molar-refractivity contribution < 1.29 is 9.47 Å². The lowest BCUT2D eigenvalue weighted by molar-refractivity contribution is -0.0615. The molecule has 0 aliphatic heterocycles. The minimum absolute atomic E-state index is 0.215. The lowest BCUT2D eigenvalue weighted by Gasteiger charge is -2.15. The fourth-order valence-corrected chi connectivity index (χ4v) is 1.07. The van der Waals surface area contributed by atoms with E-state index in [1.54, 1.807) is 0 Å². The molecule has 1 unspecified atom stereocenters. The topological polar surface area (TPSA) is 18.5 Å². The van der Waals surface area contributed by atoms with Gasteiger partial charge in [-0.3, -0.25) is 0 Å². The number of hydrogen-bond acceptors (Lipinski definition) is 2. The Morgan fingerprint density at radius 2 is 2.08 bits per heavy atom. The number of ether oxygens (including phenoxy) is 2. The highest BCUT2D eigenvalue weighted by molar-refractivity contribution is 5.35. The number of rotatable bonds is 4. The molecule has 1 rings (SSSR count). The lowest BCUT2D eigenvalue weighted by atomic mass is 10.2. The molecule has 1 aromatic rings. The molecule has 0 aromatic heterocycles. The highest BCUT2D eigenvalue weighted by atomic mass is 16.7. The normalized spacial score (nSPS) is 12.5. The summed E-state index contributed by atoms with van der Waals surface area (Å²) in [5.74, 6) is 0.781. The van der Waals surface area contributed by atoms with Crippen LogP contribution in [0.25, 0.3) is 0 Å². The van der Waals surface area contributed by atoms with Gasteiger partial charge in [0.25, 0.3) is 0 Å². The average molecular weight is 179 g/mol. The summed E-state index contributed by atoms with van der Waals surface area (Å²) in [4.78, 5) is 0. The zero-order valence-corrected chi connectivity index (χ0v) is 8.12. The molecule has 1 aromatic carbocycles. The summed E-state index contributed by atoms with van der Waals surface area (Å²) >= 11 is 0. The third-order valence-corrected chi connectivity index (χ3v) is 1.67. The van der Waals surface area contributed by atoms with Crippen LogP contribution in [0.4, 0.5) is 0 Å². The van der Waals surface area contributed by atoms with Crippen LogP contribution in [-0.2, 0) is 4.74 Å². The van der Waals surface area contributed by atoms with Crippen LogP contribution in [0, 0.1) is 6.92 Å². The van der Waals surface area contributed by atoms with Crippen molar-refractivity contribution in [2.45, 2.75) is 20.1 Å². The first-order chi connectivity index (χ1) is 6.24. The molecule has 0 saturated heterocycles. The third kappa shape index (κ3) is 3.07. The predicted molar refractivity (Wildman–Crippen MR) is 52.6 cm³/mol. The van der Waals surface area contributed by atoms with Gasteiger partial charge in [0.1, 0.15) is 5.75 Å². The Kier molecular flexibility index (Phi) is 3.77. The maximum Gasteiger partial charge on any atom is 0.196 e. The molecule has 0 N–H and O–H groups in total. The maximum absolute atomic E-state index is 5.50. The van der Waals surface area contributed by atoms with Crippen molar-refractivity contribution in [2.24, 2.45) is 0 Å². The van der Waals surface area contributed by atoms with Gasteiger partial charge < -0.3 is 9.47 Å². The van der Waals surface area contributed by atoms with Gasteiger partial charge in [0, 0.05) is 6.61 Å². The Bertz CT molecular complexity index is 258. The number of benzene rings is 1. The van der Waals surface area contributed by atoms with Crippen molar-refractivity contribution in [2.75, 3.05) is 6.61 Å². The molecule has 13 heavy (non-hydrogen) atoms. The first-order valence-corrected chi connectivity index (χ1v) is 4.43. The van der Waals surface area contributed by atoms with Crippen LogP contribution in [0.2, 0.25) is 0 Å². The van der Waals surface area contributed by atoms with Gasteiger partial charge in [-0.15, -0.1) is 0 Å². The second-order valence-corrected chi connectivity index (χ2v) is 2.75. The van der Waals surface area contributed by atoms with Gasteiger partial charge in [0.05, 0.1) is 0 Å². The van der Waals surface area contributed by atoms with E-state index in [-0.39, 0.29) is 6.29 Å². The Morgan fingerprint density at radius 3 is 2.69 bits per heavy atom. The molecule has 0 amide bonds. The first-order valence-electron chi connectivity index (χ1n) is 4.43. The van der Waals surface area contributed by atoms with E-state index in [0.717, 1.165) is 11.3 Å². The summed E-state index contributed by atoms with van der Waals surface area (Å²) in [5.41, 5.74) is 0.883. The Balaban J connectivity index is 2.58. The summed E-state index contributed by atoms with van der Waals surface area (Å²) in [7, 11) is 0. The first kappa shape index (κ1) is 10.1. The quantitative estimate of drug-likeness (QED) is 0.661. The Labute approximate surface area is 79.5 Å². The van der Waals surface area contributed by atoms with Crippen molar-refractivity contribution in [3.05, 3.63) is 36.8 Å². The lowest BCUT2D eigenvalue weighted by Crippen LogP contribution is -2.16. The summed E-state index contributed by atoms with van der Waals surface area (Å²) in [6.07, 6.45) is -0.215. The molecule has 2 nitrogen and oxygen atoms in total. The minimum atomic E-state index is -0.215.